The van der Waals surface area contributed by atoms with E-state index in [1.807, 2.05) is 12.1 Å². The molecule has 0 aliphatic heterocycles. The summed E-state index contributed by atoms with van der Waals surface area (Å²) in [4.78, 5) is 12.5. The van der Waals surface area contributed by atoms with Gasteiger partial charge in [-0.1, -0.05) is 12.1 Å². The number of hydrogen-bond donors (Lipinski definition) is 2. The summed E-state index contributed by atoms with van der Waals surface area (Å²) < 4.78 is 15.8. The lowest BCUT2D eigenvalue weighted by Gasteiger charge is -2.14. The highest BCUT2D eigenvalue weighted by atomic mass is 16.5. The second-order valence-electron chi connectivity index (χ2n) is 5.04. The van der Waals surface area contributed by atoms with Crippen LogP contribution in [0.15, 0.2) is 36.4 Å². The van der Waals surface area contributed by atoms with Crippen LogP contribution in [0.2, 0.25) is 0 Å². The molecule has 0 spiro atoms. The van der Waals surface area contributed by atoms with Crippen LogP contribution in [0, 0.1) is 0 Å². The topological polar surface area (TPSA) is 77.0 Å². The van der Waals surface area contributed by atoms with Gasteiger partial charge >= 0.3 is 0 Å². The highest BCUT2D eigenvalue weighted by Gasteiger charge is 2.17. The third-order valence-corrected chi connectivity index (χ3v) is 3.54. The smallest absolute Gasteiger partial charge is 0.255 e. The maximum Gasteiger partial charge on any atom is 0.255 e. The van der Waals surface area contributed by atoms with Gasteiger partial charge < -0.3 is 24.6 Å². The summed E-state index contributed by atoms with van der Waals surface area (Å²) in [6, 6.07) is 10.5. The Morgan fingerprint density at radius 2 is 1.58 bits per heavy atom. The highest BCUT2D eigenvalue weighted by Crippen LogP contribution is 2.38. The van der Waals surface area contributed by atoms with E-state index >= 15 is 0 Å². The maximum absolute atomic E-state index is 12.5. The normalized spacial score (nSPS) is 10.2. The summed E-state index contributed by atoms with van der Waals surface area (Å²) in [5.74, 6) is 0.981. The first kappa shape index (κ1) is 17.6. The molecule has 0 saturated heterocycles. The number of ether oxygens (including phenoxy) is 3. The molecular weight excluding hydrogens is 310 g/mol. The minimum absolute atomic E-state index is 0.0944. The number of aliphatic hydroxyl groups is 1. The van der Waals surface area contributed by atoms with Crippen LogP contribution in [-0.2, 0) is 6.42 Å². The van der Waals surface area contributed by atoms with Gasteiger partial charge in [0, 0.05) is 17.9 Å². The highest BCUT2D eigenvalue weighted by molar-refractivity contribution is 6.05. The fourth-order valence-corrected chi connectivity index (χ4v) is 2.30. The molecule has 0 aromatic heterocycles. The molecule has 128 valence electrons. The van der Waals surface area contributed by atoms with Crippen molar-refractivity contribution in [2.75, 3.05) is 33.3 Å². The Morgan fingerprint density at radius 1 is 1.00 bits per heavy atom. The van der Waals surface area contributed by atoms with Gasteiger partial charge in [0.15, 0.2) is 11.5 Å². The van der Waals surface area contributed by atoms with Gasteiger partial charge in [0.05, 0.1) is 21.3 Å². The van der Waals surface area contributed by atoms with Crippen LogP contribution < -0.4 is 19.5 Å². The predicted molar refractivity (Wildman–Crippen MR) is 91.3 cm³/mol. The van der Waals surface area contributed by atoms with Crippen LogP contribution in [0.1, 0.15) is 15.9 Å². The first-order chi connectivity index (χ1) is 11.6. The van der Waals surface area contributed by atoms with Crippen LogP contribution in [0.25, 0.3) is 0 Å². The van der Waals surface area contributed by atoms with Crippen LogP contribution >= 0.6 is 0 Å². The molecule has 0 aliphatic carbocycles. The zero-order valence-corrected chi connectivity index (χ0v) is 14.0. The van der Waals surface area contributed by atoms with Crippen molar-refractivity contribution in [3.8, 4) is 17.2 Å². The molecule has 0 heterocycles. The zero-order valence-electron chi connectivity index (χ0n) is 14.0. The Labute approximate surface area is 141 Å². The van der Waals surface area contributed by atoms with E-state index in [4.69, 9.17) is 19.3 Å². The molecule has 0 bridgehead atoms. The number of rotatable bonds is 7. The zero-order chi connectivity index (χ0) is 17.5. The minimum Gasteiger partial charge on any atom is -0.493 e. The molecule has 0 radical (unpaired) electrons. The number of methoxy groups -OCH3 is 3. The molecule has 0 unspecified atom stereocenters. The molecule has 24 heavy (non-hydrogen) atoms. The fraction of sp³-hybridized carbons (Fsp3) is 0.278. The van der Waals surface area contributed by atoms with Crippen molar-refractivity contribution in [2.24, 2.45) is 0 Å². The van der Waals surface area contributed by atoms with Gasteiger partial charge in [-0.2, -0.15) is 0 Å². The Hall–Kier alpha value is -2.73. The number of carbonyl (C=O) groups is 1. The molecule has 2 aromatic rings. The molecule has 0 aliphatic rings. The standard InChI is InChI=1S/C18H21NO5/c1-22-15-10-13(11-16(23-2)17(15)24-3)18(21)19-14-6-4-12(5-7-14)8-9-20/h4-7,10-11,20H,8-9H2,1-3H3,(H,19,21). The number of benzene rings is 2. The Balaban J connectivity index is 2.22. The van der Waals surface area contributed by atoms with Gasteiger partial charge in [0.1, 0.15) is 0 Å². The van der Waals surface area contributed by atoms with Crippen LogP contribution in [0.3, 0.4) is 0 Å². The predicted octanol–water partition coefficient (Wildman–Crippen LogP) is 2.50. The number of nitrogens with one attached hydrogen (secondary N) is 1. The first-order valence-corrected chi connectivity index (χ1v) is 7.44. The average Bonchev–Trinajstić information content (AvgIpc) is 2.62. The summed E-state index contributed by atoms with van der Waals surface area (Å²) in [5, 5.41) is 11.7. The van der Waals surface area contributed by atoms with Crippen molar-refractivity contribution in [3.63, 3.8) is 0 Å². The SMILES string of the molecule is COc1cc(C(=O)Nc2ccc(CCO)cc2)cc(OC)c1OC. The van der Waals surface area contributed by atoms with Crippen molar-refractivity contribution in [1.29, 1.82) is 0 Å². The van der Waals surface area contributed by atoms with E-state index < -0.39 is 0 Å². The quantitative estimate of drug-likeness (QED) is 0.815. The molecule has 0 atom stereocenters. The van der Waals surface area contributed by atoms with Crippen molar-refractivity contribution in [2.45, 2.75) is 6.42 Å². The largest absolute Gasteiger partial charge is 0.493 e. The summed E-state index contributed by atoms with van der Waals surface area (Å²) in [5.41, 5.74) is 2.06. The minimum atomic E-state index is -0.288. The summed E-state index contributed by atoms with van der Waals surface area (Å²) in [7, 11) is 4.51. The third kappa shape index (κ3) is 3.97. The lowest BCUT2D eigenvalue weighted by atomic mass is 10.1. The van der Waals surface area contributed by atoms with Gasteiger partial charge in [-0.25, -0.2) is 0 Å². The van der Waals surface area contributed by atoms with E-state index in [1.54, 1.807) is 24.3 Å². The fourth-order valence-electron chi connectivity index (χ4n) is 2.30. The lowest BCUT2D eigenvalue weighted by Crippen LogP contribution is -2.12. The Morgan fingerprint density at radius 3 is 2.04 bits per heavy atom. The van der Waals surface area contributed by atoms with E-state index in [9.17, 15) is 4.79 Å². The molecule has 2 aromatic carbocycles. The molecule has 2 rings (SSSR count). The second-order valence-corrected chi connectivity index (χ2v) is 5.04. The number of aliphatic hydroxyl groups excluding tert-OH is 1. The molecule has 0 saturated carbocycles. The maximum atomic E-state index is 12.5. The summed E-state index contributed by atoms with van der Waals surface area (Å²) in [6.45, 7) is 0.0944. The number of carbonyl (C=O) groups excluding carboxylic acids is 1. The monoisotopic (exact) mass is 331 g/mol. The first-order valence-electron chi connectivity index (χ1n) is 7.44. The number of hydrogen-bond acceptors (Lipinski definition) is 5. The van der Waals surface area contributed by atoms with E-state index in [1.165, 1.54) is 21.3 Å². The van der Waals surface area contributed by atoms with E-state index in [0.29, 0.717) is 34.9 Å². The molecule has 6 heteroatoms. The van der Waals surface area contributed by atoms with Gasteiger partial charge in [-0.3, -0.25) is 4.79 Å². The van der Waals surface area contributed by atoms with Crippen LogP contribution in [0.4, 0.5) is 5.69 Å². The third-order valence-electron chi connectivity index (χ3n) is 3.54. The molecule has 0 fully saturated rings. The molecular formula is C18H21NO5. The van der Waals surface area contributed by atoms with Gasteiger partial charge in [0.25, 0.3) is 5.91 Å². The second kappa shape index (κ2) is 8.21. The lowest BCUT2D eigenvalue weighted by molar-refractivity contribution is 0.102. The van der Waals surface area contributed by atoms with E-state index in [-0.39, 0.29) is 12.5 Å². The number of anilines is 1. The van der Waals surface area contributed by atoms with Crippen molar-refractivity contribution >= 4 is 11.6 Å². The van der Waals surface area contributed by atoms with Crippen LogP contribution in [0.5, 0.6) is 17.2 Å². The van der Waals surface area contributed by atoms with Gasteiger partial charge in [-0.05, 0) is 36.2 Å². The Kier molecular flexibility index (Phi) is 6.03. The van der Waals surface area contributed by atoms with Crippen molar-refractivity contribution in [1.82, 2.24) is 0 Å². The summed E-state index contributed by atoms with van der Waals surface area (Å²) >= 11 is 0. The van der Waals surface area contributed by atoms with Gasteiger partial charge in [0.2, 0.25) is 5.75 Å². The van der Waals surface area contributed by atoms with Crippen molar-refractivity contribution < 1.29 is 24.1 Å². The van der Waals surface area contributed by atoms with E-state index in [0.717, 1.165) is 5.56 Å². The molecule has 2 N–H and O–H groups in total. The Bertz CT molecular complexity index is 672. The van der Waals surface area contributed by atoms with E-state index in [2.05, 4.69) is 5.32 Å². The number of amides is 1. The molecule has 6 nitrogen and oxygen atoms in total. The van der Waals surface area contributed by atoms with Crippen LogP contribution in [-0.4, -0.2) is 38.9 Å². The van der Waals surface area contributed by atoms with Gasteiger partial charge in [-0.15, -0.1) is 0 Å². The van der Waals surface area contributed by atoms with Crippen molar-refractivity contribution in [3.05, 3.63) is 47.5 Å². The summed E-state index contributed by atoms with van der Waals surface area (Å²) in [6.07, 6.45) is 0.584. The average molecular weight is 331 g/mol. The molecule has 1 amide bonds.